The lowest BCUT2D eigenvalue weighted by molar-refractivity contribution is 0.269. The zero-order valence-electron chi connectivity index (χ0n) is 10.7. The van der Waals surface area contributed by atoms with Gasteiger partial charge in [0.05, 0.1) is 5.41 Å². The predicted octanol–water partition coefficient (Wildman–Crippen LogP) is 3.37. The third kappa shape index (κ3) is 1.73. The molecular weight excluding hydrogens is 248 g/mol. The molecule has 1 aromatic heterocycles. The average Bonchev–Trinajstić information content (AvgIpc) is 2.94. The molecule has 18 heavy (non-hydrogen) atoms. The molecule has 2 aromatic rings. The van der Waals surface area contributed by atoms with Crippen LogP contribution >= 0.6 is 11.6 Å². The molecule has 4 heteroatoms. The van der Waals surface area contributed by atoms with Gasteiger partial charge < -0.3 is 9.73 Å². The fourth-order valence-electron chi connectivity index (χ4n) is 2.75. The van der Waals surface area contributed by atoms with Gasteiger partial charge >= 0.3 is 0 Å². The summed E-state index contributed by atoms with van der Waals surface area (Å²) >= 11 is 5.99. The van der Waals surface area contributed by atoms with Crippen molar-refractivity contribution >= 4 is 22.7 Å². The second-order valence-corrected chi connectivity index (χ2v) is 5.81. The number of aromatic nitrogens is 1. The van der Waals surface area contributed by atoms with Gasteiger partial charge in [-0.1, -0.05) is 25.4 Å². The summed E-state index contributed by atoms with van der Waals surface area (Å²) in [4.78, 5) is 4.66. The number of halogens is 1. The molecular formula is C14H17ClN2O. The Bertz CT molecular complexity index is 570. The van der Waals surface area contributed by atoms with E-state index in [1.54, 1.807) is 0 Å². The minimum atomic E-state index is 0.0193. The Kier molecular flexibility index (Phi) is 2.83. The zero-order chi connectivity index (χ0) is 12.8. The van der Waals surface area contributed by atoms with Gasteiger partial charge in [0.25, 0.3) is 0 Å². The Morgan fingerprint density at radius 3 is 2.94 bits per heavy atom. The Labute approximate surface area is 112 Å². The number of nitrogens with one attached hydrogen (secondary N) is 1. The normalized spacial score (nSPS) is 24.2. The van der Waals surface area contributed by atoms with Crippen LogP contribution in [0, 0.1) is 5.92 Å². The van der Waals surface area contributed by atoms with Crippen LogP contribution < -0.4 is 5.32 Å². The Hall–Kier alpha value is -1.06. The zero-order valence-corrected chi connectivity index (χ0v) is 11.4. The molecule has 1 fully saturated rings. The van der Waals surface area contributed by atoms with E-state index in [1.165, 1.54) is 0 Å². The van der Waals surface area contributed by atoms with Gasteiger partial charge in [0.2, 0.25) is 5.89 Å². The maximum Gasteiger partial charge on any atom is 0.203 e. The Morgan fingerprint density at radius 1 is 1.44 bits per heavy atom. The highest BCUT2D eigenvalue weighted by Gasteiger charge is 2.42. The van der Waals surface area contributed by atoms with Crippen molar-refractivity contribution in [3.05, 3.63) is 29.1 Å². The highest BCUT2D eigenvalue weighted by Crippen LogP contribution is 2.38. The monoisotopic (exact) mass is 264 g/mol. The highest BCUT2D eigenvalue weighted by atomic mass is 35.5. The molecule has 0 amide bonds. The second-order valence-electron chi connectivity index (χ2n) is 5.37. The van der Waals surface area contributed by atoms with Crippen molar-refractivity contribution in [1.82, 2.24) is 10.3 Å². The van der Waals surface area contributed by atoms with E-state index >= 15 is 0 Å². The van der Waals surface area contributed by atoms with Crippen molar-refractivity contribution < 1.29 is 4.42 Å². The van der Waals surface area contributed by atoms with Gasteiger partial charge in [0.15, 0.2) is 5.58 Å². The third-order valence-corrected chi connectivity index (χ3v) is 4.30. The van der Waals surface area contributed by atoms with E-state index in [1.807, 2.05) is 18.2 Å². The molecule has 0 spiro atoms. The minimum absolute atomic E-state index is 0.0193. The van der Waals surface area contributed by atoms with Crippen LogP contribution in [0.3, 0.4) is 0 Å². The van der Waals surface area contributed by atoms with Crippen LogP contribution in [0.5, 0.6) is 0 Å². The van der Waals surface area contributed by atoms with Crippen LogP contribution in [0.2, 0.25) is 5.02 Å². The molecule has 96 valence electrons. The first-order chi connectivity index (χ1) is 8.62. The fraction of sp³-hybridized carbons (Fsp3) is 0.500. The van der Waals surface area contributed by atoms with Crippen molar-refractivity contribution in [2.75, 3.05) is 13.1 Å². The van der Waals surface area contributed by atoms with Crippen LogP contribution in [-0.4, -0.2) is 18.1 Å². The van der Waals surface area contributed by atoms with Crippen LogP contribution in [-0.2, 0) is 5.41 Å². The SMILES string of the molecule is CC(C)C1(c2nc3cc(Cl)ccc3o2)CCNC1. The maximum atomic E-state index is 5.99. The van der Waals surface area contributed by atoms with Crippen molar-refractivity contribution in [2.45, 2.75) is 25.7 Å². The Balaban J connectivity index is 2.12. The number of hydrogen-bond donors (Lipinski definition) is 1. The van der Waals surface area contributed by atoms with E-state index in [9.17, 15) is 0 Å². The van der Waals surface area contributed by atoms with Gasteiger partial charge in [-0.05, 0) is 37.1 Å². The van der Waals surface area contributed by atoms with Crippen LogP contribution in [0.25, 0.3) is 11.1 Å². The minimum Gasteiger partial charge on any atom is -0.440 e. The molecule has 0 bridgehead atoms. The second kappa shape index (κ2) is 4.25. The van der Waals surface area contributed by atoms with E-state index in [0.717, 1.165) is 36.5 Å². The summed E-state index contributed by atoms with van der Waals surface area (Å²) in [6.45, 7) is 6.42. The van der Waals surface area contributed by atoms with Crippen LogP contribution in [0.1, 0.15) is 26.2 Å². The van der Waals surface area contributed by atoms with E-state index in [0.29, 0.717) is 10.9 Å². The van der Waals surface area contributed by atoms with E-state index in [2.05, 4.69) is 24.1 Å². The lowest BCUT2D eigenvalue weighted by Crippen LogP contribution is -2.35. The molecule has 3 rings (SSSR count). The van der Waals surface area contributed by atoms with Gasteiger partial charge in [-0.25, -0.2) is 4.98 Å². The summed E-state index contributed by atoms with van der Waals surface area (Å²) in [5.41, 5.74) is 1.69. The van der Waals surface area contributed by atoms with Crippen molar-refractivity contribution in [1.29, 1.82) is 0 Å². The van der Waals surface area contributed by atoms with Crippen molar-refractivity contribution in [3.8, 4) is 0 Å². The predicted molar refractivity (Wildman–Crippen MR) is 73.0 cm³/mol. The topological polar surface area (TPSA) is 38.1 Å². The van der Waals surface area contributed by atoms with E-state index < -0.39 is 0 Å². The smallest absolute Gasteiger partial charge is 0.203 e. The molecule has 2 heterocycles. The third-order valence-electron chi connectivity index (χ3n) is 4.07. The number of hydrogen-bond acceptors (Lipinski definition) is 3. The van der Waals surface area contributed by atoms with E-state index in [4.69, 9.17) is 16.0 Å². The first-order valence-electron chi connectivity index (χ1n) is 6.39. The number of benzene rings is 1. The van der Waals surface area contributed by atoms with Gasteiger partial charge in [-0.2, -0.15) is 0 Å². The quantitative estimate of drug-likeness (QED) is 0.904. The molecule has 1 atom stereocenters. The highest BCUT2D eigenvalue weighted by molar-refractivity contribution is 6.31. The van der Waals surface area contributed by atoms with Gasteiger partial charge in [-0.15, -0.1) is 0 Å². The van der Waals surface area contributed by atoms with Gasteiger partial charge in [-0.3, -0.25) is 0 Å². The van der Waals surface area contributed by atoms with Crippen molar-refractivity contribution in [3.63, 3.8) is 0 Å². The molecule has 0 radical (unpaired) electrons. The standard InChI is InChI=1S/C14H17ClN2O/c1-9(2)14(5-6-16-8-14)13-17-11-7-10(15)3-4-12(11)18-13/h3-4,7,9,16H,5-6,8H2,1-2H3. The summed E-state index contributed by atoms with van der Waals surface area (Å²) in [6, 6.07) is 5.60. The molecule has 1 aliphatic heterocycles. The first kappa shape index (κ1) is 12.0. The van der Waals surface area contributed by atoms with Crippen LogP contribution in [0.4, 0.5) is 0 Å². The first-order valence-corrected chi connectivity index (χ1v) is 6.77. The largest absolute Gasteiger partial charge is 0.440 e. The summed E-state index contributed by atoms with van der Waals surface area (Å²) in [6.07, 6.45) is 1.07. The molecule has 1 unspecified atom stereocenters. The van der Waals surface area contributed by atoms with Gasteiger partial charge in [0.1, 0.15) is 5.52 Å². The average molecular weight is 265 g/mol. The summed E-state index contributed by atoms with van der Waals surface area (Å²) in [5.74, 6) is 1.34. The fourth-order valence-corrected chi connectivity index (χ4v) is 2.91. The molecule has 3 nitrogen and oxygen atoms in total. The van der Waals surface area contributed by atoms with E-state index in [-0.39, 0.29) is 5.41 Å². The molecule has 0 aliphatic carbocycles. The lowest BCUT2D eigenvalue weighted by Gasteiger charge is -2.28. The molecule has 0 saturated carbocycles. The summed E-state index contributed by atoms with van der Waals surface area (Å²) in [5, 5.41) is 4.12. The summed E-state index contributed by atoms with van der Waals surface area (Å²) in [7, 11) is 0. The number of rotatable bonds is 2. The number of oxazole rings is 1. The maximum absolute atomic E-state index is 5.99. The number of nitrogens with zero attached hydrogens (tertiary/aromatic N) is 1. The molecule has 1 aliphatic rings. The number of fused-ring (bicyclic) bond motifs is 1. The Morgan fingerprint density at radius 2 is 2.28 bits per heavy atom. The molecule has 1 aromatic carbocycles. The van der Waals surface area contributed by atoms with Crippen molar-refractivity contribution in [2.24, 2.45) is 5.92 Å². The van der Waals surface area contributed by atoms with Gasteiger partial charge in [0, 0.05) is 11.6 Å². The molecule has 1 saturated heterocycles. The van der Waals surface area contributed by atoms with Crippen LogP contribution in [0.15, 0.2) is 22.6 Å². The summed E-state index contributed by atoms with van der Waals surface area (Å²) < 4.78 is 5.96. The lowest BCUT2D eigenvalue weighted by atomic mass is 9.76. The molecule has 1 N–H and O–H groups in total.